The normalized spacial score (nSPS) is 34.6. The van der Waals surface area contributed by atoms with Crippen LogP contribution in [0.2, 0.25) is 0 Å². The molecule has 0 aromatic rings. The highest BCUT2D eigenvalue weighted by Gasteiger charge is 2.80. The van der Waals surface area contributed by atoms with Gasteiger partial charge in [0.1, 0.15) is 11.6 Å². The van der Waals surface area contributed by atoms with Crippen molar-refractivity contribution in [3.8, 4) is 0 Å². The zero-order chi connectivity index (χ0) is 28.5. The molecule has 0 radical (unpaired) electrons. The Balaban J connectivity index is 1.83. The molecule has 1 N–H and O–H groups in total. The average molecular weight is 544 g/mol. The molecule has 39 heavy (non-hydrogen) atoms. The quantitative estimate of drug-likeness (QED) is 0.380. The van der Waals surface area contributed by atoms with Crippen molar-refractivity contribution in [1.82, 2.24) is 14.7 Å². The highest BCUT2D eigenvalue weighted by molar-refractivity contribution is 5.99. The highest BCUT2D eigenvalue weighted by Crippen LogP contribution is 2.66. The summed E-state index contributed by atoms with van der Waals surface area (Å²) in [7, 11) is 0. The molecule has 4 fully saturated rings. The van der Waals surface area contributed by atoms with Crippen molar-refractivity contribution in [3.63, 3.8) is 0 Å². The molecule has 218 valence electrons. The third-order valence-corrected chi connectivity index (χ3v) is 10.1. The van der Waals surface area contributed by atoms with E-state index in [1.54, 1.807) is 22.0 Å². The minimum Gasteiger partial charge on any atom is -0.394 e. The van der Waals surface area contributed by atoms with Crippen LogP contribution in [0.4, 0.5) is 0 Å². The van der Waals surface area contributed by atoms with Crippen LogP contribution in [0.25, 0.3) is 0 Å². The van der Waals surface area contributed by atoms with Gasteiger partial charge in [-0.15, -0.1) is 13.2 Å². The number of ether oxygens (including phenoxy) is 1. The molecular weight excluding hydrogens is 494 g/mol. The Bertz CT molecular complexity index is 960. The number of carbonyl (C=O) groups is 3. The van der Waals surface area contributed by atoms with Gasteiger partial charge in [-0.3, -0.25) is 14.4 Å². The molecule has 1 aliphatic carbocycles. The first-order chi connectivity index (χ1) is 18.7. The van der Waals surface area contributed by atoms with E-state index in [2.05, 4.69) is 20.1 Å². The van der Waals surface area contributed by atoms with Crippen molar-refractivity contribution >= 4 is 17.7 Å². The molecule has 0 aromatic carbocycles. The number of carbonyl (C=O) groups excluding carboxylic acids is 3. The van der Waals surface area contributed by atoms with Crippen LogP contribution < -0.4 is 0 Å². The van der Waals surface area contributed by atoms with Crippen LogP contribution in [-0.2, 0) is 19.1 Å². The van der Waals surface area contributed by atoms with Crippen LogP contribution in [0, 0.1) is 17.8 Å². The molecule has 4 rings (SSSR count). The lowest BCUT2D eigenvalue weighted by Gasteiger charge is -2.42. The molecule has 8 nitrogen and oxygen atoms in total. The molecular formula is C31H49N3O5. The number of hydrogen-bond acceptors (Lipinski definition) is 5. The largest absolute Gasteiger partial charge is 0.394 e. The smallest absolute Gasteiger partial charge is 0.248 e. The Kier molecular flexibility index (Phi) is 8.96. The number of nitrogens with zero attached hydrogens (tertiary/aromatic N) is 3. The van der Waals surface area contributed by atoms with Gasteiger partial charge in [-0.2, -0.15) is 0 Å². The third-order valence-electron chi connectivity index (χ3n) is 10.1. The van der Waals surface area contributed by atoms with E-state index in [0.717, 1.165) is 38.5 Å². The van der Waals surface area contributed by atoms with E-state index in [-0.39, 0.29) is 36.3 Å². The van der Waals surface area contributed by atoms with Crippen molar-refractivity contribution in [2.24, 2.45) is 17.8 Å². The molecule has 8 heteroatoms. The van der Waals surface area contributed by atoms with Gasteiger partial charge < -0.3 is 24.5 Å². The Labute approximate surface area is 234 Å². The lowest BCUT2D eigenvalue weighted by atomic mass is 9.62. The maximum absolute atomic E-state index is 14.7. The van der Waals surface area contributed by atoms with Crippen LogP contribution in [0.5, 0.6) is 0 Å². The second-order valence-corrected chi connectivity index (χ2v) is 12.3. The van der Waals surface area contributed by atoms with Gasteiger partial charge >= 0.3 is 0 Å². The van der Waals surface area contributed by atoms with Gasteiger partial charge in [-0.1, -0.05) is 52.2 Å². The minimum atomic E-state index is -1.11. The van der Waals surface area contributed by atoms with Crippen molar-refractivity contribution < 1.29 is 24.2 Å². The van der Waals surface area contributed by atoms with Crippen molar-refractivity contribution in [2.75, 3.05) is 26.2 Å². The highest BCUT2D eigenvalue weighted by atomic mass is 16.5. The van der Waals surface area contributed by atoms with Crippen LogP contribution in [0.3, 0.4) is 0 Å². The summed E-state index contributed by atoms with van der Waals surface area (Å²) in [4.78, 5) is 48.6. The zero-order valence-electron chi connectivity index (χ0n) is 24.4. The monoisotopic (exact) mass is 543 g/mol. The molecule has 4 aliphatic rings. The van der Waals surface area contributed by atoms with Gasteiger partial charge in [0.05, 0.1) is 30.1 Å². The number of fused-ring (bicyclic) bond motifs is 1. The fourth-order valence-electron chi connectivity index (χ4n) is 8.16. The van der Waals surface area contributed by atoms with Crippen molar-refractivity contribution in [2.45, 2.75) is 108 Å². The van der Waals surface area contributed by atoms with E-state index >= 15 is 0 Å². The summed E-state index contributed by atoms with van der Waals surface area (Å²) in [5, 5.41) is 10.4. The molecule has 1 saturated carbocycles. The fourth-order valence-corrected chi connectivity index (χ4v) is 8.16. The van der Waals surface area contributed by atoms with Gasteiger partial charge in [-0.05, 0) is 44.9 Å². The number of amides is 3. The summed E-state index contributed by atoms with van der Waals surface area (Å²) >= 11 is 0. The standard InChI is InChI=1S/C31H49N3O5/c1-7-16-32(17-8-2)27(36)24-25-28(37)34(22(10-4)20-35)26(31(25)19-21(5)30(24,6)39-31)29(38)33(18-9-3)23-14-12-11-13-15-23/h7,9,21-26,35H,1,3,8,10-20H2,2,4-6H3/t21?,22-,24-,25-,26?,30+,31?/m0/s1. The van der Waals surface area contributed by atoms with E-state index in [1.807, 2.05) is 25.7 Å². The predicted molar refractivity (Wildman–Crippen MR) is 151 cm³/mol. The summed E-state index contributed by atoms with van der Waals surface area (Å²) in [5.74, 6) is -1.95. The van der Waals surface area contributed by atoms with Crippen LogP contribution in [-0.4, -0.2) is 93.1 Å². The van der Waals surface area contributed by atoms with Gasteiger partial charge in [0, 0.05) is 25.7 Å². The summed E-state index contributed by atoms with van der Waals surface area (Å²) in [6, 6.07) is -1.32. The van der Waals surface area contributed by atoms with E-state index in [1.165, 1.54) is 0 Å². The molecule has 3 aliphatic heterocycles. The number of aliphatic hydroxyl groups excluding tert-OH is 1. The van der Waals surface area contributed by atoms with Crippen molar-refractivity contribution in [3.05, 3.63) is 25.3 Å². The third kappa shape index (κ3) is 4.65. The molecule has 3 unspecified atom stereocenters. The molecule has 3 saturated heterocycles. The van der Waals surface area contributed by atoms with Crippen LogP contribution in [0.1, 0.15) is 79.1 Å². The Hall–Kier alpha value is -2.19. The fraction of sp³-hybridized carbons (Fsp3) is 0.774. The van der Waals surface area contributed by atoms with Gasteiger partial charge in [0.2, 0.25) is 17.7 Å². The molecule has 3 heterocycles. The molecule has 7 atom stereocenters. The molecule has 0 aromatic heterocycles. The van der Waals surface area contributed by atoms with Crippen LogP contribution in [0.15, 0.2) is 25.3 Å². The topological polar surface area (TPSA) is 90.4 Å². The lowest BCUT2D eigenvalue weighted by Crippen LogP contribution is -2.60. The summed E-state index contributed by atoms with van der Waals surface area (Å²) in [5.41, 5.74) is -1.96. The zero-order valence-corrected chi connectivity index (χ0v) is 24.4. The summed E-state index contributed by atoms with van der Waals surface area (Å²) < 4.78 is 6.92. The minimum absolute atomic E-state index is 0.0188. The molecule has 1 spiro atoms. The molecule has 2 bridgehead atoms. The van der Waals surface area contributed by atoms with E-state index < -0.39 is 35.1 Å². The average Bonchev–Trinajstić information content (AvgIpc) is 3.44. The SMILES string of the molecule is C=CCN(CCC)C(=O)[C@@H]1[C@H]2C(=O)N([C@@H](CC)CO)C(C(=O)N(CC=C)C3CCCCC3)C23CC(C)[C@@]1(C)O3. The summed E-state index contributed by atoms with van der Waals surface area (Å²) in [6.07, 6.45) is 10.5. The Morgan fingerprint density at radius 1 is 1.15 bits per heavy atom. The Morgan fingerprint density at radius 3 is 2.38 bits per heavy atom. The van der Waals surface area contributed by atoms with E-state index in [0.29, 0.717) is 32.5 Å². The lowest BCUT2D eigenvalue weighted by molar-refractivity contribution is -0.159. The van der Waals surface area contributed by atoms with Gasteiger partial charge in [0.15, 0.2) is 0 Å². The predicted octanol–water partition coefficient (Wildman–Crippen LogP) is 3.54. The summed E-state index contributed by atoms with van der Waals surface area (Å²) in [6.45, 7) is 16.9. The number of aliphatic hydroxyl groups is 1. The maximum Gasteiger partial charge on any atom is 0.248 e. The number of rotatable bonds is 12. The Morgan fingerprint density at radius 2 is 1.82 bits per heavy atom. The van der Waals surface area contributed by atoms with E-state index in [4.69, 9.17) is 4.74 Å². The maximum atomic E-state index is 14.7. The second-order valence-electron chi connectivity index (χ2n) is 12.3. The number of hydrogen-bond donors (Lipinski definition) is 1. The second kappa shape index (κ2) is 11.7. The van der Waals surface area contributed by atoms with Gasteiger partial charge in [0.25, 0.3) is 0 Å². The first-order valence-electron chi connectivity index (χ1n) is 15.1. The van der Waals surface area contributed by atoms with E-state index in [9.17, 15) is 19.5 Å². The van der Waals surface area contributed by atoms with Gasteiger partial charge in [-0.25, -0.2) is 0 Å². The van der Waals surface area contributed by atoms with Crippen molar-refractivity contribution in [1.29, 1.82) is 0 Å². The first kappa shape index (κ1) is 29.8. The first-order valence-corrected chi connectivity index (χ1v) is 15.1. The molecule has 3 amide bonds. The van der Waals surface area contributed by atoms with Crippen LogP contribution >= 0.6 is 0 Å². The number of likely N-dealkylation sites (tertiary alicyclic amines) is 1.